The molecular weight excluding hydrogens is 328 g/mol. The Balaban J connectivity index is 1.86. The van der Waals surface area contributed by atoms with Gasteiger partial charge in [0, 0.05) is 12.7 Å². The van der Waals surface area contributed by atoms with E-state index in [9.17, 15) is 9.59 Å². The zero-order valence-electron chi connectivity index (χ0n) is 15.8. The lowest BCUT2D eigenvalue weighted by Gasteiger charge is -2.22. The minimum absolute atomic E-state index is 0.0222. The second kappa shape index (κ2) is 9.15. The Labute approximate surface area is 155 Å². The van der Waals surface area contributed by atoms with Crippen molar-refractivity contribution in [3.8, 4) is 0 Å². The van der Waals surface area contributed by atoms with E-state index in [-0.39, 0.29) is 18.4 Å². The first-order valence-corrected chi connectivity index (χ1v) is 8.65. The molecule has 0 fully saturated rings. The SMILES string of the molecule is Cc1cccc(C)c1NC(=O)CN(C)C(=O)C(C)OCc1ccccc1. The molecular formula is C21H26N2O3. The molecule has 0 aliphatic carbocycles. The second-order valence-corrected chi connectivity index (χ2v) is 6.45. The zero-order chi connectivity index (χ0) is 19.1. The van der Waals surface area contributed by atoms with Crippen molar-refractivity contribution >= 4 is 17.5 Å². The maximum atomic E-state index is 12.4. The molecule has 138 valence electrons. The van der Waals surface area contributed by atoms with E-state index in [0.717, 1.165) is 22.4 Å². The number of ether oxygens (including phenoxy) is 1. The number of carbonyl (C=O) groups excluding carboxylic acids is 2. The smallest absolute Gasteiger partial charge is 0.251 e. The summed E-state index contributed by atoms with van der Waals surface area (Å²) in [6.07, 6.45) is -0.617. The normalized spacial score (nSPS) is 11.7. The fourth-order valence-electron chi connectivity index (χ4n) is 2.66. The van der Waals surface area contributed by atoms with Crippen molar-refractivity contribution in [2.75, 3.05) is 18.9 Å². The fraction of sp³-hybridized carbons (Fsp3) is 0.333. The average Bonchev–Trinajstić information content (AvgIpc) is 2.63. The molecule has 0 aliphatic rings. The van der Waals surface area contributed by atoms with Crippen LogP contribution in [-0.4, -0.2) is 36.4 Å². The number of nitrogens with one attached hydrogen (secondary N) is 1. The summed E-state index contributed by atoms with van der Waals surface area (Å²) in [7, 11) is 1.61. The molecule has 0 saturated carbocycles. The van der Waals surface area contributed by atoms with Crippen molar-refractivity contribution in [2.24, 2.45) is 0 Å². The van der Waals surface area contributed by atoms with Crippen LogP contribution in [0.3, 0.4) is 0 Å². The lowest BCUT2D eigenvalue weighted by atomic mass is 10.1. The summed E-state index contributed by atoms with van der Waals surface area (Å²) in [6.45, 7) is 5.92. The Hall–Kier alpha value is -2.66. The zero-order valence-corrected chi connectivity index (χ0v) is 15.8. The van der Waals surface area contributed by atoms with Crippen LogP contribution in [0.2, 0.25) is 0 Å². The topological polar surface area (TPSA) is 58.6 Å². The molecule has 0 aliphatic heterocycles. The average molecular weight is 354 g/mol. The third-order valence-electron chi connectivity index (χ3n) is 4.19. The molecule has 2 rings (SSSR count). The van der Waals surface area contributed by atoms with Crippen molar-refractivity contribution in [1.82, 2.24) is 4.90 Å². The molecule has 0 saturated heterocycles. The highest BCUT2D eigenvalue weighted by atomic mass is 16.5. The Kier molecular flexibility index (Phi) is 6.92. The first-order valence-electron chi connectivity index (χ1n) is 8.65. The number of anilines is 1. The van der Waals surface area contributed by atoms with E-state index in [1.165, 1.54) is 4.90 Å². The van der Waals surface area contributed by atoms with E-state index < -0.39 is 6.10 Å². The highest BCUT2D eigenvalue weighted by molar-refractivity contribution is 5.96. The van der Waals surface area contributed by atoms with Gasteiger partial charge in [-0.2, -0.15) is 0 Å². The van der Waals surface area contributed by atoms with E-state index in [1.54, 1.807) is 14.0 Å². The van der Waals surface area contributed by atoms with Crippen LogP contribution in [0, 0.1) is 13.8 Å². The Morgan fingerprint density at radius 3 is 2.27 bits per heavy atom. The molecule has 0 aromatic heterocycles. The summed E-state index contributed by atoms with van der Waals surface area (Å²) in [5.74, 6) is -0.453. The summed E-state index contributed by atoms with van der Waals surface area (Å²) in [6, 6.07) is 15.5. The molecule has 0 spiro atoms. The summed E-state index contributed by atoms with van der Waals surface area (Å²) in [4.78, 5) is 26.1. The summed E-state index contributed by atoms with van der Waals surface area (Å²) >= 11 is 0. The molecule has 1 unspecified atom stereocenters. The van der Waals surface area contributed by atoms with Gasteiger partial charge in [0.05, 0.1) is 13.2 Å². The monoisotopic (exact) mass is 354 g/mol. The van der Waals surface area contributed by atoms with Crippen LogP contribution in [0.5, 0.6) is 0 Å². The predicted octanol–water partition coefficient (Wildman–Crippen LogP) is 3.31. The molecule has 2 amide bonds. The van der Waals surface area contributed by atoms with Crippen LogP contribution in [-0.2, 0) is 20.9 Å². The van der Waals surface area contributed by atoms with Crippen molar-refractivity contribution in [3.63, 3.8) is 0 Å². The molecule has 0 heterocycles. The van der Waals surface area contributed by atoms with E-state index >= 15 is 0 Å². The number of para-hydroxylation sites is 1. The van der Waals surface area contributed by atoms with Gasteiger partial charge in [-0.05, 0) is 37.5 Å². The molecule has 1 N–H and O–H groups in total. The van der Waals surface area contributed by atoms with Crippen LogP contribution in [0.1, 0.15) is 23.6 Å². The maximum Gasteiger partial charge on any atom is 0.251 e. The third kappa shape index (κ3) is 5.43. The number of carbonyl (C=O) groups is 2. The van der Waals surface area contributed by atoms with Crippen LogP contribution in [0.4, 0.5) is 5.69 Å². The van der Waals surface area contributed by atoms with Gasteiger partial charge in [-0.15, -0.1) is 0 Å². The molecule has 0 radical (unpaired) electrons. The standard InChI is InChI=1S/C21H26N2O3/c1-15-9-8-10-16(2)20(15)22-19(24)13-23(4)21(25)17(3)26-14-18-11-6-5-7-12-18/h5-12,17H,13-14H2,1-4H3,(H,22,24). The highest BCUT2D eigenvalue weighted by Gasteiger charge is 2.20. The largest absolute Gasteiger partial charge is 0.364 e. The van der Waals surface area contributed by atoms with E-state index in [4.69, 9.17) is 4.74 Å². The van der Waals surface area contributed by atoms with Gasteiger partial charge >= 0.3 is 0 Å². The number of benzene rings is 2. The Morgan fingerprint density at radius 2 is 1.65 bits per heavy atom. The molecule has 1 atom stereocenters. The first kappa shape index (κ1) is 19.7. The molecule has 5 heteroatoms. The number of amides is 2. The summed E-state index contributed by atoms with van der Waals surface area (Å²) < 4.78 is 5.63. The number of nitrogens with zero attached hydrogens (tertiary/aromatic N) is 1. The molecule has 26 heavy (non-hydrogen) atoms. The minimum Gasteiger partial charge on any atom is -0.364 e. The summed E-state index contributed by atoms with van der Waals surface area (Å²) in [5, 5.41) is 2.89. The summed E-state index contributed by atoms with van der Waals surface area (Å²) in [5.41, 5.74) is 3.79. The lowest BCUT2D eigenvalue weighted by molar-refractivity contribution is -0.143. The number of aryl methyl sites for hydroxylation is 2. The van der Waals surface area contributed by atoms with Gasteiger partial charge in [-0.25, -0.2) is 0 Å². The van der Waals surface area contributed by atoms with Gasteiger partial charge in [0.2, 0.25) is 5.91 Å². The Morgan fingerprint density at radius 1 is 1.04 bits per heavy atom. The molecule has 5 nitrogen and oxygen atoms in total. The van der Waals surface area contributed by atoms with E-state index in [2.05, 4.69) is 5.32 Å². The van der Waals surface area contributed by atoms with Crippen molar-refractivity contribution in [2.45, 2.75) is 33.5 Å². The van der Waals surface area contributed by atoms with Crippen LogP contribution < -0.4 is 5.32 Å². The van der Waals surface area contributed by atoms with Gasteiger partial charge in [-0.1, -0.05) is 48.5 Å². The van der Waals surface area contributed by atoms with Crippen LogP contribution >= 0.6 is 0 Å². The van der Waals surface area contributed by atoms with Gasteiger partial charge in [-0.3, -0.25) is 9.59 Å². The minimum atomic E-state index is -0.617. The van der Waals surface area contributed by atoms with Crippen molar-refractivity contribution in [1.29, 1.82) is 0 Å². The van der Waals surface area contributed by atoms with Gasteiger partial charge < -0.3 is 15.0 Å². The van der Waals surface area contributed by atoms with Gasteiger partial charge in [0.25, 0.3) is 5.91 Å². The molecule has 2 aromatic carbocycles. The van der Waals surface area contributed by atoms with Gasteiger partial charge in [0.15, 0.2) is 0 Å². The van der Waals surface area contributed by atoms with Gasteiger partial charge in [0.1, 0.15) is 6.10 Å². The predicted molar refractivity (Wildman–Crippen MR) is 103 cm³/mol. The lowest BCUT2D eigenvalue weighted by Crippen LogP contribution is -2.40. The van der Waals surface area contributed by atoms with Crippen molar-refractivity contribution in [3.05, 3.63) is 65.2 Å². The maximum absolute atomic E-state index is 12.4. The van der Waals surface area contributed by atoms with E-state index in [0.29, 0.717) is 6.61 Å². The van der Waals surface area contributed by atoms with Crippen LogP contribution in [0.15, 0.2) is 48.5 Å². The fourth-order valence-corrected chi connectivity index (χ4v) is 2.66. The molecule has 0 bridgehead atoms. The second-order valence-electron chi connectivity index (χ2n) is 6.45. The number of likely N-dealkylation sites (N-methyl/N-ethyl adjacent to an activating group) is 1. The van der Waals surface area contributed by atoms with E-state index in [1.807, 2.05) is 62.4 Å². The number of hydrogen-bond donors (Lipinski definition) is 1. The van der Waals surface area contributed by atoms with Crippen molar-refractivity contribution < 1.29 is 14.3 Å². The highest BCUT2D eigenvalue weighted by Crippen LogP contribution is 2.19. The number of rotatable bonds is 7. The number of hydrogen-bond acceptors (Lipinski definition) is 3. The third-order valence-corrected chi connectivity index (χ3v) is 4.19. The van der Waals surface area contributed by atoms with Crippen LogP contribution in [0.25, 0.3) is 0 Å². The Bertz CT molecular complexity index is 739. The molecule has 2 aromatic rings. The quantitative estimate of drug-likeness (QED) is 0.830. The first-order chi connectivity index (χ1) is 12.4.